The van der Waals surface area contributed by atoms with Crippen LogP contribution in [0.1, 0.15) is 22.3 Å². The molecule has 2 heterocycles. The zero-order chi connectivity index (χ0) is 19.3. The number of nitrogens with zero attached hydrogens (tertiary/aromatic N) is 3. The van der Waals surface area contributed by atoms with Gasteiger partial charge in [-0.15, -0.1) is 0 Å². The molecule has 4 rings (SSSR count). The number of aldehydes is 1. The molecule has 0 bridgehead atoms. The molecule has 138 valence electrons. The summed E-state index contributed by atoms with van der Waals surface area (Å²) in [5.41, 5.74) is 4.23. The summed E-state index contributed by atoms with van der Waals surface area (Å²) in [4.78, 5) is 18.0. The fourth-order valence-corrected chi connectivity index (χ4v) is 3.48. The number of nitriles is 1. The first-order chi connectivity index (χ1) is 13.8. The molecule has 1 aliphatic rings. The largest absolute Gasteiger partial charge is 0.472 e. The first-order valence-corrected chi connectivity index (χ1v) is 9.19. The van der Waals surface area contributed by atoms with Crippen molar-refractivity contribution in [2.45, 2.75) is 12.5 Å². The molecule has 0 spiro atoms. The molecule has 1 unspecified atom stereocenters. The summed E-state index contributed by atoms with van der Waals surface area (Å²) in [7, 11) is 0. The third-order valence-electron chi connectivity index (χ3n) is 4.90. The van der Waals surface area contributed by atoms with Crippen LogP contribution in [-0.4, -0.2) is 30.5 Å². The molecule has 5 heteroatoms. The smallest absolute Gasteiger partial charge is 0.213 e. The number of carbonyl (C=O) groups excluding carboxylic acids is 1. The topological polar surface area (TPSA) is 66.2 Å². The Kier molecular flexibility index (Phi) is 5.03. The molecule has 1 atom stereocenters. The van der Waals surface area contributed by atoms with Crippen LogP contribution in [0, 0.1) is 11.3 Å². The standard InChI is InChI=1S/C23H19N3O2/c24-13-17-6-9-23(25-14-17)28-21-10-11-26(15-21)22-8-7-19(12-20(22)16-27)18-4-2-1-3-5-18/h1-9,12,14,16,21H,10-11,15H2. The lowest BCUT2D eigenvalue weighted by atomic mass is 10.0. The van der Waals surface area contributed by atoms with Gasteiger partial charge in [0.1, 0.15) is 12.2 Å². The highest BCUT2D eigenvalue weighted by Crippen LogP contribution is 2.29. The maximum Gasteiger partial charge on any atom is 0.213 e. The fourth-order valence-electron chi connectivity index (χ4n) is 3.48. The predicted octanol–water partition coefficient (Wildman–Crippen LogP) is 4.09. The number of benzene rings is 2. The summed E-state index contributed by atoms with van der Waals surface area (Å²) in [6, 6.07) is 21.5. The first-order valence-electron chi connectivity index (χ1n) is 9.19. The average Bonchev–Trinajstić information content (AvgIpc) is 3.22. The lowest BCUT2D eigenvalue weighted by molar-refractivity contribution is 0.112. The molecule has 3 aromatic rings. The Morgan fingerprint density at radius 3 is 2.68 bits per heavy atom. The van der Waals surface area contributed by atoms with Gasteiger partial charge >= 0.3 is 0 Å². The van der Waals surface area contributed by atoms with Crippen LogP contribution < -0.4 is 9.64 Å². The van der Waals surface area contributed by atoms with Crippen LogP contribution in [0.5, 0.6) is 5.88 Å². The number of carbonyl (C=O) groups is 1. The number of anilines is 1. The summed E-state index contributed by atoms with van der Waals surface area (Å²) >= 11 is 0. The summed E-state index contributed by atoms with van der Waals surface area (Å²) in [6.07, 6.45) is 3.27. The summed E-state index contributed by atoms with van der Waals surface area (Å²) in [5, 5.41) is 8.85. The SMILES string of the molecule is N#Cc1ccc(OC2CCN(c3ccc(-c4ccccc4)cc3C=O)C2)nc1. The zero-order valence-corrected chi connectivity index (χ0v) is 15.3. The van der Waals surface area contributed by atoms with Crippen molar-refractivity contribution in [3.8, 4) is 23.1 Å². The lowest BCUT2D eigenvalue weighted by Crippen LogP contribution is -2.25. The van der Waals surface area contributed by atoms with E-state index >= 15 is 0 Å². The molecule has 1 aromatic heterocycles. The molecule has 1 saturated heterocycles. The Morgan fingerprint density at radius 2 is 1.96 bits per heavy atom. The summed E-state index contributed by atoms with van der Waals surface area (Å²) < 4.78 is 5.94. The van der Waals surface area contributed by atoms with E-state index in [4.69, 9.17) is 10.00 Å². The van der Waals surface area contributed by atoms with Crippen LogP contribution in [0.4, 0.5) is 5.69 Å². The lowest BCUT2D eigenvalue weighted by Gasteiger charge is -2.21. The van der Waals surface area contributed by atoms with Crippen molar-refractivity contribution >= 4 is 12.0 Å². The van der Waals surface area contributed by atoms with Crippen LogP contribution in [0.3, 0.4) is 0 Å². The third-order valence-corrected chi connectivity index (χ3v) is 4.90. The number of ether oxygens (including phenoxy) is 1. The molecule has 28 heavy (non-hydrogen) atoms. The van der Waals surface area contributed by atoms with Gasteiger partial charge in [0.2, 0.25) is 5.88 Å². The Hall–Kier alpha value is -3.65. The van der Waals surface area contributed by atoms with E-state index in [2.05, 4.69) is 9.88 Å². The van der Waals surface area contributed by atoms with E-state index in [0.29, 0.717) is 23.6 Å². The summed E-state index contributed by atoms with van der Waals surface area (Å²) in [6.45, 7) is 1.50. The van der Waals surface area contributed by atoms with E-state index in [-0.39, 0.29) is 6.10 Å². The van der Waals surface area contributed by atoms with Crippen LogP contribution >= 0.6 is 0 Å². The molecular weight excluding hydrogens is 350 g/mol. The number of pyridine rings is 1. The van der Waals surface area contributed by atoms with Gasteiger partial charge in [-0.2, -0.15) is 5.26 Å². The van der Waals surface area contributed by atoms with E-state index in [1.807, 2.05) is 54.6 Å². The van der Waals surface area contributed by atoms with E-state index in [0.717, 1.165) is 36.1 Å². The highest BCUT2D eigenvalue weighted by Gasteiger charge is 2.26. The zero-order valence-electron chi connectivity index (χ0n) is 15.3. The monoisotopic (exact) mass is 369 g/mol. The van der Waals surface area contributed by atoms with Gasteiger partial charge in [0, 0.05) is 36.5 Å². The second-order valence-corrected chi connectivity index (χ2v) is 6.73. The van der Waals surface area contributed by atoms with Gasteiger partial charge in [0.05, 0.1) is 12.1 Å². The van der Waals surface area contributed by atoms with E-state index in [1.165, 1.54) is 6.20 Å². The Labute approximate surface area is 163 Å². The predicted molar refractivity (Wildman–Crippen MR) is 107 cm³/mol. The van der Waals surface area contributed by atoms with Gasteiger partial charge in [-0.1, -0.05) is 36.4 Å². The molecule has 2 aromatic carbocycles. The molecule has 0 radical (unpaired) electrons. The minimum atomic E-state index is -0.00580. The maximum atomic E-state index is 11.7. The van der Waals surface area contributed by atoms with Crippen molar-refractivity contribution in [3.63, 3.8) is 0 Å². The van der Waals surface area contributed by atoms with Crippen LogP contribution in [0.2, 0.25) is 0 Å². The molecule has 0 saturated carbocycles. The summed E-state index contributed by atoms with van der Waals surface area (Å²) in [5.74, 6) is 0.515. The molecule has 1 aliphatic heterocycles. The van der Waals surface area contributed by atoms with E-state index in [9.17, 15) is 4.79 Å². The highest BCUT2D eigenvalue weighted by molar-refractivity contribution is 5.87. The van der Waals surface area contributed by atoms with Crippen molar-refractivity contribution in [2.24, 2.45) is 0 Å². The van der Waals surface area contributed by atoms with Crippen LogP contribution in [0.25, 0.3) is 11.1 Å². The number of hydrogen-bond acceptors (Lipinski definition) is 5. The van der Waals surface area contributed by atoms with Crippen molar-refractivity contribution in [1.29, 1.82) is 5.26 Å². The number of rotatable bonds is 5. The third kappa shape index (κ3) is 3.72. The van der Waals surface area contributed by atoms with Gasteiger partial charge in [-0.25, -0.2) is 4.98 Å². The molecule has 5 nitrogen and oxygen atoms in total. The van der Waals surface area contributed by atoms with Crippen molar-refractivity contribution in [1.82, 2.24) is 4.98 Å². The average molecular weight is 369 g/mol. The highest BCUT2D eigenvalue weighted by atomic mass is 16.5. The Bertz CT molecular complexity index is 1010. The van der Waals surface area contributed by atoms with Gasteiger partial charge in [-0.3, -0.25) is 4.79 Å². The van der Waals surface area contributed by atoms with Crippen LogP contribution in [0.15, 0.2) is 66.9 Å². The fraction of sp³-hybridized carbons (Fsp3) is 0.174. The molecule has 0 aliphatic carbocycles. The van der Waals surface area contributed by atoms with Gasteiger partial charge in [-0.05, 0) is 29.3 Å². The maximum absolute atomic E-state index is 11.7. The van der Waals surface area contributed by atoms with Crippen LogP contribution in [-0.2, 0) is 0 Å². The molecule has 0 N–H and O–H groups in total. The van der Waals surface area contributed by atoms with Gasteiger partial charge in [0.25, 0.3) is 0 Å². The number of hydrogen-bond donors (Lipinski definition) is 0. The minimum absolute atomic E-state index is 0.00580. The molecular formula is C23H19N3O2. The molecule has 0 amide bonds. The van der Waals surface area contributed by atoms with Gasteiger partial charge < -0.3 is 9.64 Å². The second kappa shape index (κ2) is 7.93. The van der Waals surface area contributed by atoms with E-state index < -0.39 is 0 Å². The van der Waals surface area contributed by atoms with Crippen molar-refractivity contribution in [3.05, 3.63) is 78.0 Å². The van der Waals surface area contributed by atoms with Gasteiger partial charge in [0.15, 0.2) is 6.29 Å². The Balaban J connectivity index is 1.48. The van der Waals surface area contributed by atoms with Crippen molar-refractivity contribution < 1.29 is 9.53 Å². The van der Waals surface area contributed by atoms with Crippen molar-refractivity contribution in [2.75, 3.05) is 18.0 Å². The Morgan fingerprint density at radius 1 is 1.11 bits per heavy atom. The number of aromatic nitrogens is 1. The normalized spacial score (nSPS) is 15.8. The first kappa shape index (κ1) is 17.7. The quantitative estimate of drug-likeness (QED) is 0.634. The second-order valence-electron chi connectivity index (χ2n) is 6.73. The van der Waals surface area contributed by atoms with E-state index in [1.54, 1.807) is 12.1 Å². The minimum Gasteiger partial charge on any atom is -0.472 e. The molecule has 1 fully saturated rings.